The van der Waals surface area contributed by atoms with E-state index in [9.17, 15) is 4.79 Å². The Labute approximate surface area is 121 Å². The standard InChI is InChI=1S/C18H21NO/c1-3-7-15-10-12-16(13-11-15)18(20)14-19(2)17-8-5-4-6-9-17/h4-6,8-13H,3,7,14H2,1-2H3. The van der Waals surface area contributed by atoms with Gasteiger partial charge in [0.15, 0.2) is 5.78 Å². The van der Waals surface area contributed by atoms with Crippen LogP contribution < -0.4 is 4.90 Å². The van der Waals surface area contributed by atoms with Gasteiger partial charge in [-0.15, -0.1) is 0 Å². The predicted molar refractivity (Wildman–Crippen MR) is 84.5 cm³/mol. The number of hydrogen-bond donors (Lipinski definition) is 0. The second kappa shape index (κ2) is 6.90. The van der Waals surface area contributed by atoms with Crippen molar-refractivity contribution in [2.75, 3.05) is 18.5 Å². The third-order valence-electron chi connectivity index (χ3n) is 3.39. The molecule has 20 heavy (non-hydrogen) atoms. The first-order chi connectivity index (χ1) is 9.70. The first-order valence-corrected chi connectivity index (χ1v) is 7.09. The minimum Gasteiger partial charge on any atom is -0.367 e. The summed E-state index contributed by atoms with van der Waals surface area (Å²) in [6.45, 7) is 2.56. The van der Waals surface area contributed by atoms with E-state index < -0.39 is 0 Å². The lowest BCUT2D eigenvalue weighted by Crippen LogP contribution is -2.25. The second-order valence-corrected chi connectivity index (χ2v) is 5.06. The molecule has 0 unspecified atom stereocenters. The van der Waals surface area contributed by atoms with Crippen molar-refractivity contribution in [3.8, 4) is 0 Å². The highest BCUT2D eigenvalue weighted by Crippen LogP contribution is 2.13. The van der Waals surface area contributed by atoms with E-state index in [-0.39, 0.29) is 5.78 Å². The SMILES string of the molecule is CCCc1ccc(C(=O)CN(C)c2ccccc2)cc1. The second-order valence-electron chi connectivity index (χ2n) is 5.06. The predicted octanol–water partition coefficient (Wildman–Crippen LogP) is 3.96. The van der Waals surface area contributed by atoms with Gasteiger partial charge >= 0.3 is 0 Å². The van der Waals surface area contributed by atoms with Crippen LogP contribution in [0.1, 0.15) is 29.3 Å². The molecule has 0 atom stereocenters. The molecule has 0 aliphatic heterocycles. The zero-order valence-electron chi connectivity index (χ0n) is 12.2. The van der Waals surface area contributed by atoms with Gasteiger partial charge in [0.25, 0.3) is 0 Å². The van der Waals surface area contributed by atoms with Crippen LogP contribution >= 0.6 is 0 Å². The van der Waals surface area contributed by atoms with Crippen molar-refractivity contribution in [2.24, 2.45) is 0 Å². The van der Waals surface area contributed by atoms with E-state index in [0.29, 0.717) is 6.54 Å². The van der Waals surface area contributed by atoms with Crippen molar-refractivity contribution in [2.45, 2.75) is 19.8 Å². The van der Waals surface area contributed by atoms with Crippen molar-refractivity contribution >= 4 is 11.5 Å². The van der Waals surface area contributed by atoms with Crippen LogP contribution in [0.4, 0.5) is 5.69 Å². The lowest BCUT2D eigenvalue weighted by molar-refractivity contribution is 0.100. The smallest absolute Gasteiger partial charge is 0.182 e. The fraction of sp³-hybridized carbons (Fsp3) is 0.278. The molecule has 104 valence electrons. The maximum absolute atomic E-state index is 12.3. The van der Waals surface area contributed by atoms with Gasteiger partial charge in [0.05, 0.1) is 6.54 Å². The van der Waals surface area contributed by atoms with E-state index in [1.807, 2.05) is 54.4 Å². The molecule has 0 aliphatic rings. The van der Waals surface area contributed by atoms with E-state index in [1.54, 1.807) is 0 Å². The Morgan fingerprint density at radius 1 is 1.00 bits per heavy atom. The molecule has 2 aromatic rings. The molecule has 2 nitrogen and oxygen atoms in total. The summed E-state index contributed by atoms with van der Waals surface area (Å²) < 4.78 is 0. The molecule has 0 aromatic heterocycles. The van der Waals surface area contributed by atoms with Crippen molar-refractivity contribution in [1.82, 2.24) is 0 Å². The summed E-state index contributed by atoms with van der Waals surface area (Å²) in [5.74, 6) is 0.152. The number of ketones is 1. The number of benzene rings is 2. The maximum Gasteiger partial charge on any atom is 0.182 e. The number of carbonyl (C=O) groups excluding carboxylic acids is 1. The minimum absolute atomic E-state index is 0.152. The lowest BCUT2D eigenvalue weighted by Gasteiger charge is -2.18. The Morgan fingerprint density at radius 2 is 1.65 bits per heavy atom. The van der Waals surface area contributed by atoms with Crippen molar-refractivity contribution in [1.29, 1.82) is 0 Å². The Morgan fingerprint density at radius 3 is 2.25 bits per heavy atom. The number of aryl methyl sites for hydroxylation is 1. The third kappa shape index (κ3) is 3.70. The molecule has 0 fully saturated rings. The number of para-hydroxylation sites is 1. The van der Waals surface area contributed by atoms with Gasteiger partial charge in [-0.1, -0.05) is 55.8 Å². The molecule has 0 heterocycles. The van der Waals surface area contributed by atoms with E-state index >= 15 is 0 Å². The Kier molecular flexibility index (Phi) is 4.94. The Hall–Kier alpha value is -2.09. The van der Waals surface area contributed by atoms with Gasteiger partial charge in [-0.05, 0) is 24.1 Å². The Balaban J connectivity index is 2.01. The summed E-state index contributed by atoms with van der Waals surface area (Å²) in [6, 6.07) is 17.9. The summed E-state index contributed by atoms with van der Waals surface area (Å²) >= 11 is 0. The molecule has 0 amide bonds. The van der Waals surface area contributed by atoms with Crippen LogP contribution in [0.25, 0.3) is 0 Å². The number of Topliss-reactive ketones (excluding diaryl/α,β-unsaturated/α-hetero) is 1. The van der Waals surface area contributed by atoms with E-state index in [0.717, 1.165) is 24.1 Å². The molecule has 0 saturated heterocycles. The van der Waals surface area contributed by atoms with E-state index in [2.05, 4.69) is 19.1 Å². The van der Waals surface area contributed by atoms with Crippen LogP contribution in [0.15, 0.2) is 54.6 Å². The fourth-order valence-corrected chi connectivity index (χ4v) is 2.23. The third-order valence-corrected chi connectivity index (χ3v) is 3.39. The van der Waals surface area contributed by atoms with Crippen LogP contribution in [-0.2, 0) is 6.42 Å². The number of likely N-dealkylation sites (N-methyl/N-ethyl adjacent to an activating group) is 1. The van der Waals surface area contributed by atoms with Crippen LogP contribution in [0.3, 0.4) is 0 Å². The zero-order chi connectivity index (χ0) is 14.4. The first kappa shape index (κ1) is 14.3. The molecule has 0 N–H and O–H groups in total. The molecule has 2 rings (SSSR count). The highest BCUT2D eigenvalue weighted by Gasteiger charge is 2.09. The molecule has 0 radical (unpaired) electrons. The molecule has 2 aromatic carbocycles. The summed E-state index contributed by atoms with van der Waals surface area (Å²) in [5, 5.41) is 0. The topological polar surface area (TPSA) is 20.3 Å². The van der Waals surface area contributed by atoms with Gasteiger partial charge in [0.2, 0.25) is 0 Å². The van der Waals surface area contributed by atoms with Crippen LogP contribution in [0.2, 0.25) is 0 Å². The van der Waals surface area contributed by atoms with E-state index in [1.165, 1.54) is 5.56 Å². The van der Waals surface area contributed by atoms with Gasteiger partial charge in [0, 0.05) is 18.3 Å². The molecular weight excluding hydrogens is 246 g/mol. The van der Waals surface area contributed by atoms with Crippen molar-refractivity contribution in [3.05, 3.63) is 65.7 Å². The Bertz CT molecular complexity index is 545. The van der Waals surface area contributed by atoms with Crippen molar-refractivity contribution < 1.29 is 4.79 Å². The van der Waals surface area contributed by atoms with Gasteiger partial charge in [-0.2, -0.15) is 0 Å². The number of rotatable bonds is 6. The fourth-order valence-electron chi connectivity index (χ4n) is 2.23. The largest absolute Gasteiger partial charge is 0.367 e. The number of nitrogens with zero attached hydrogens (tertiary/aromatic N) is 1. The number of carbonyl (C=O) groups is 1. The highest BCUT2D eigenvalue weighted by atomic mass is 16.1. The molecule has 0 spiro atoms. The summed E-state index contributed by atoms with van der Waals surface area (Å²) in [5.41, 5.74) is 3.14. The van der Waals surface area contributed by atoms with Crippen LogP contribution in [0, 0.1) is 0 Å². The summed E-state index contributed by atoms with van der Waals surface area (Å²) in [6.07, 6.45) is 2.20. The monoisotopic (exact) mass is 267 g/mol. The van der Waals surface area contributed by atoms with E-state index in [4.69, 9.17) is 0 Å². The highest BCUT2D eigenvalue weighted by molar-refractivity contribution is 5.99. The lowest BCUT2D eigenvalue weighted by atomic mass is 10.1. The average molecular weight is 267 g/mol. The molecule has 0 saturated carbocycles. The van der Waals surface area contributed by atoms with Crippen LogP contribution in [0.5, 0.6) is 0 Å². The average Bonchev–Trinajstić information content (AvgIpc) is 2.49. The van der Waals surface area contributed by atoms with Gasteiger partial charge < -0.3 is 4.90 Å². The molecule has 0 aliphatic carbocycles. The van der Waals surface area contributed by atoms with Gasteiger partial charge in [0.1, 0.15) is 0 Å². The van der Waals surface area contributed by atoms with Crippen molar-refractivity contribution in [3.63, 3.8) is 0 Å². The molecule has 2 heteroatoms. The first-order valence-electron chi connectivity index (χ1n) is 7.09. The summed E-state index contributed by atoms with van der Waals surface area (Å²) in [4.78, 5) is 14.2. The van der Waals surface area contributed by atoms with Gasteiger partial charge in [-0.3, -0.25) is 4.79 Å². The number of anilines is 1. The quantitative estimate of drug-likeness (QED) is 0.738. The minimum atomic E-state index is 0.152. The zero-order valence-corrected chi connectivity index (χ0v) is 12.2. The number of hydrogen-bond acceptors (Lipinski definition) is 2. The maximum atomic E-state index is 12.3. The molecule has 0 bridgehead atoms. The molecular formula is C18H21NO. The normalized spacial score (nSPS) is 10.3. The van der Waals surface area contributed by atoms with Gasteiger partial charge in [-0.25, -0.2) is 0 Å². The summed E-state index contributed by atoms with van der Waals surface area (Å²) in [7, 11) is 1.94. The van der Waals surface area contributed by atoms with Crippen LogP contribution in [-0.4, -0.2) is 19.4 Å².